The fraction of sp³-hybridized carbons (Fsp3) is 0.825. The quantitative estimate of drug-likeness (QED) is 0.0228. The lowest BCUT2D eigenvalue weighted by Crippen LogP contribution is -2.61. The molecule has 0 saturated carbocycles. The Labute approximate surface area is 419 Å². The molecule has 69 heavy (non-hydrogen) atoms. The summed E-state index contributed by atoms with van der Waals surface area (Å²) in [7, 11) is 0. The Morgan fingerprint density at radius 2 is 0.913 bits per heavy atom. The number of allylic oxidation sites excluding steroid dienone is 6. The molecule has 1 fully saturated rings. The van der Waals surface area contributed by atoms with Crippen LogP contribution in [0.15, 0.2) is 36.5 Å². The molecule has 6 unspecified atom stereocenters. The SMILES string of the molecule is CC/C=C\C/C=C\C/C=C\CCCCCCCCCC(=O)OC1C(OCC(COC(=O)CCCCCCCCCCCCCCC)OC(=O)CCCCCCCCCCC)OC(C(=O)O)C(O)C1O. The molecule has 1 heterocycles. The predicted octanol–water partition coefficient (Wildman–Crippen LogP) is 13.7. The molecule has 400 valence electrons. The van der Waals surface area contributed by atoms with Gasteiger partial charge in [0.25, 0.3) is 0 Å². The number of unbranched alkanes of at least 4 members (excludes halogenated alkanes) is 27. The minimum absolute atomic E-state index is 0.0524. The van der Waals surface area contributed by atoms with E-state index in [9.17, 15) is 34.5 Å². The van der Waals surface area contributed by atoms with E-state index < -0.39 is 67.3 Å². The van der Waals surface area contributed by atoms with Crippen LogP contribution in [0.1, 0.15) is 252 Å². The number of rotatable bonds is 47. The molecule has 0 radical (unpaired) electrons. The minimum Gasteiger partial charge on any atom is -0.479 e. The summed E-state index contributed by atoms with van der Waals surface area (Å²) in [6.45, 7) is 5.86. The van der Waals surface area contributed by atoms with E-state index in [-0.39, 0.29) is 25.9 Å². The third-order valence-electron chi connectivity index (χ3n) is 12.7. The molecule has 1 rings (SSSR count). The van der Waals surface area contributed by atoms with E-state index in [1.807, 2.05) is 0 Å². The third-order valence-corrected chi connectivity index (χ3v) is 12.7. The maximum Gasteiger partial charge on any atom is 0.335 e. The van der Waals surface area contributed by atoms with E-state index in [1.165, 1.54) is 89.9 Å². The lowest BCUT2D eigenvalue weighted by atomic mass is 9.98. The summed E-state index contributed by atoms with van der Waals surface area (Å²) in [5.74, 6) is -3.11. The molecule has 1 aliphatic rings. The number of carbonyl (C=O) groups is 4. The number of carbonyl (C=O) groups excluding carboxylic acids is 3. The Morgan fingerprint density at radius 1 is 0.493 bits per heavy atom. The fourth-order valence-electron chi connectivity index (χ4n) is 8.44. The largest absolute Gasteiger partial charge is 0.479 e. The van der Waals surface area contributed by atoms with Crippen molar-refractivity contribution in [2.24, 2.45) is 0 Å². The predicted molar refractivity (Wildman–Crippen MR) is 276 cm³/mol. The lowest BCUT2D eigenvalue weighted by molar-refractivity contribution is -0.301. The molecule has 0 aromatic heterocycles. The Hall–Kier alpha value is -3.06. The number of ether oxygens (including phenoxy) is 5. The lowest BCUT2D eigenvalue weighted by Gasteiger charge is -2.40. The first kappa shape index (κ1) is 64.0. The van der Waals surface area contributed by atoms with Gasteiger partial charge in [-0.1, -0.05) is 218 Å². The average Bonchev–Trinajstić information content (AvgIpc) is 3.33. The number of hydrogen-bond acceptors (Lipinski definition) is 11. The standard InChI is InChI=1S/C57H100O12/c1-4-7-10-13-16-19-21-23-24-25-26-28-30-33-36-39-42-45-51(60)68-55-53(62)52(61)54(56(63)64)69-57(55)66-47-48(67-50(59)44-41-38-35-31-18-15-12-9-6-3)46-65-49(58)43-40-37-34-32-29-27-22-20-17-14-11-8-5-2/h7,10,16,19,23-24,48,52-55,57,61-62H,4-6,8-9,11-15,17-18,20-22,25-47H2,1-3H3,(H,63,64)/b10-7-,19-16-,24-23-. The monoisotopic (exact) mass is 977 g/mol. The Morgan fingerprint density at radius 3 is 1.39 bits per heavy atom. The molecule has 1 aliphatic heterocycles. The zero-order valence-corrected chi connectivity index (χ0v) is 43.8. The van der Waals surface area contributed by atoms with Gasteiger partial charge < -0.3 is 39.0 Å². The van der Waals surface area contributed by atoms with E-state index in [4.69, 9.17) is 23.7 Å². The van der Waals surface area contributed by atoms with Crippen molar-refractivity contribution < 1.29 is 58.2 Å². The van der Waals surface area contributed by atoms with Crippen LogP contribution in [0.3, 0.4) is 0 Å². The van der Waals surface area contributed by atoms with Crippen molar-refractivity contribution in [2.45, 2.75) is 289 Å². The molecule has 0 aromatic rings. The highest BCUT2D eigenvalue weighted by molar-refractivity contribution is 5.74. The van der Waals surface area contributed by atoms with Crippen LogP contribution in [-0.4, -0.2) is 89.2 Å². The highest BCUT2D eigenvalue weighted by Crippen LogP contribution is 2.26. The van der Waals surface area contributed by atoms with Gasteiger partial charge in [0.1, 0.15) is 18.8 Å². The molecule has 0 aromatic carbocycles. The van der Waals surface area contributed by atoms with E-state index in [1.54, 1.807) is 0 Å². The van der Waals surface area contributed by atoms with E-state index in [2.05, 4.69) is 57.2 Å². The summed E-state index contributed by atoms with van der Waals surface area (Å²) < 4.78 is 28.3. The molecule has 3 N–H and O–H groups in total. The van der Waals surface area contributed by atoms with Gasteiger partial charge in [-0.3, -0.25) is 14.4 Å². The van der Waals surface area contributed by atoms with Crippen LogP contribution in [0, 0.1) is 0 Å². The number of aliphatic carboxylic acids is 1. The van der Waals surface area contributed by atoms with Crippen molar-refractivity contribution in [3.05, 3.63) is 36.5 Å². The van der Waals surface area contributed by atoms with E-state index in [0.29, 0.717) is 19.3 Å². The summed E-state index contributed by atoms with van der Waals surface area (Å²) in [6, 6.07) is 0. The molecular weight excluding hydrogens is 877 g/mol. The van der Waals surface area contributed by atoms with Crippen molar-refractivity contribution in [3.63, 3.8) is 0 Å². The first-order chi connectivity index (χ1) is 33.6. The number of aliphatic hydroxyl groups is 2. The van der Waals surface area contributed by atoms with Crippen LogP contribution in [0.25, 0.3) is 0 Å². The topological polar surface area (TPSA) is 175 Å². The normalized spacial score (nSPS) is 18.9. The van der Waals surface area contributed by atoms with Crippen molar-refractivity contribution in [2.75, 3.05) is 13.2 Å². The first-order valence-electron chi connectivity index (χ1n) is 28.0. The molecule has 12 nitrogen and oxygen atoms in total. The number of carboxylic acid groups (broad SMARTS) is 1. The molecular formula is C57H100O12. The van der Waals surface area contributed by atoms with Gasteiger partial charge in [-0.15, -0.1) is 0 Å². The van der Waals surface area contributed by atoms with Crippen molar-refractivity contribution in [3.8, 4) is 0 Å². The third kappa shape index (κ3) is 36.5. The van der Waals surface area contributed by atoms with Gasteiger partial charge >= 0.3 is 23.9 Å². The van der Waals surface area contributed by atoms with Gasteiger partial charge in [-0.05, 0) is 51.4 Å². The summed E-state index contributed by atoms with van der Waals surface area (Å²) >= 11 is 0. The zero-order valence-electron chi connectivity index (χ0n) is 43.8. The zero-order chi connectivity index (χ0) is 50.4. The highest BCUT2D eigenvalue weighted by atomic mass is 16.7. The average molecular weight is 977 g/mol. The van der Waals surface area contributed by atoms with Crippen LogP contribution in [-0.2, 0) is 42.9 Å². The van der Waals surface area contributed by atoms with Gasteiger partial charge in [0.05, 0.1) is 6.61 Å². The summed E-state index contributed by atoms with van der Waals surface area (Å²) in [6.07, 6.45) is 39.9. The number of aliphatic hydroxyl groups excluding tert-OH is 2. The van der Waals surface area contributed by atoms with Crippen LogP contribution in [0.5, 0.6) is 0 Å². The van der Waals surface area contributed by atoms with Gasteiger partial charge in [-0.2, -0.15) is 0 Å². The number of carboxylic acids is 1. The smallest absolute Gasteiger partial charge is 0.335 e. The van der Waals surface area contributed by atoms with Crippen molar-refractivity contribution >= 4 is 23.9 Å². The number of hydrogen-bond donors (Lipinski definition) is 3. The summed E-state index contributed by atoms with van der Waals surface area (Å²) in [5, 5.41) is 31.4. The first-order valence-corrected chi connectivity index (χ1v) is 28.0. The Balaban J connectivity index is 2.67. The number of esters is 3. The summed E-state index contributed by atoms with van der Waals surface area (Å²) in [4.78, 5) is 50.9. The van der Waals surface area contributed by atoms with Crippen LogP contribution < -0.4 is 0 Å². The van der Waals surface area contributed by atoms with E-state index in [0.717, 1.165) is 103 Å². The summed E-state index contributed by atoms with van der Waals surface area (Å²) in [5.41, 5.74) is 0. The van der Waals surface area contributed by atoms with E-state index >= 15 is 0 Å². The van der Waals surface area contributed by atoms with Crippen LogP contribution >= 0.6 is 0 Å². The second kappa shape index (κ2) is 46.0. The van der Waals surface area contributed by atoms with Gasteiger partial charge in [0.2, 0.25) is 0 Å². The van der Waals surface area contributed by atoms with Gasteiger partial charge in [-0.25, -0.2) is 4.79 Å². The fourth-order valence-corrected chi connectivity index (χ4v) is 8.44. The molecule has 0 amide bonds. The Kier molecular flexibility index (Phi) is 42.7. The molecule has 6 atom stereocenters. The highest BCUT2D eigenvalue weighted by Gasteiger charge is 2.50. The van der Waals surface area contributed by atoms with Crippen molar-refractivity contribution in [1.82, 2.24) is 0 Å². The molecule has 12 heteroatoms. The van der Waals surface area contributed by atoms with Crippen LogP contribution in [0.4, 0.5) is 0 Å². The molecule has 0 spiro atoms. The van der Waals surface area contributed by atoms with Gasteiger partial charge in [0, 0.05) is 19.3 Å². The molecule has 0 bridgehead atoms. The molecule has 1 saturated heterocycles. The molecule has 0 aliphatic carbocycles. The Bertz CT molecular complexity index is 1350. The maximum absolute atomic E-state index is 13.0. The van der Waals surface area contributed by atoms with Crippen molar-refractivity contribution in [1.29, 1.82) is 0 Å². The van der Waals surface area contributed by atoms with Crippen LogP contribution in [0.2, 0.25) is 0 Å². The maximum atomic E-state index is 13.0. The van der Waals surface area contributed by atoms with Gasteiger partial charge in [0.15, 0.2) is 24.6 Å². The minimum atomic E-state index is -1.90. The second-order valence-electron chi connectivity index (χ2n) is 19.2. The second-order valence-corrected chi connectivity index (χ2v) is 19.2.